The molecule has 4 heteroatoms. The van der Waals surface area contributed by atoms with E-state index < -0.39 is 12.1 Å². The molecule has 62 valence electrons. The Morgan fingerprint density at radius 1 is 1.58 bits per heavy atom. The van der Waals surface area contributed by atoms with Crippen molar-refractivity contribution in [3.8, 4) is 6.07 Å². The van der Waals surface area contributed by atoms with Crippen LogP contribution in [0.15, 0.2) is 12.3 Å². The lowest BCUT2D eigenvalue weighted by atomic mass is 10.1. The number of alkyl halides is 2. The van der Waals surface area contributed by atoms with E-state index in [2.05, 4.69) is 4.98 Å². The minimum Gasteiger partial charge on any atom is -0.254 e. The van der Waals surface area contributed by atoms with Gasteiger partial charge in [0, 0.05) is 6.20 Å². The van der Waals surface area contributed by atoms with E-state index in [1.54, 1.807) is 13.0 Å². The van der Waals surface area contributed by atoms with Gasteiger partial charge < -0.3 is 0 Å². The number of hydrogen-bond donors (Lipinski definition) is 0. The molecule has 0 aromatic carbocycles. The number of halogens is 2. The topological polar surface area (TPSA) is 36.7 Å². The third kappa shape index (κ3) is 1.40. The van der Waals surface area contributed by atoms with Gasteiger partial charge in [0.25, 0.3) is 6.43 Å². The van der Waals surface area contributed by atoms with Crippen molar-refractivity contribution in [2.24, 2.45) is 0 Å². The second-order valence-corrected chi connectivity index (χ2v) is 2.30. The predicted molar refractivity (Wildman–Crippen MR) is 38.6 cm³/mol. The first-order valence-corrected chi connectivity index (χ1v) is 3.30. The van der Waals surface area contributed by atoms with Crippen molar-refractivity contribution in [2.75, 3.05) is 0 Å². The molecule has 0 saturated heterocycles. The summed E-state index contributed by atoms with van der Waals surface area (Å²) in [6.45, 7) is 1.60. The van der Waals surface area contributed by atoms with Crippen LogP contribution in [0.3, 0.4) is 0 Å². The monoisotopic (exact) mass is 168 g/mol. The van der Waals surface area contributed by atoms with Gasteiger partial charge in [-0.2, -0.15) is 5.26 Å². The molecular formula is C8H6F2N2. The van der Waals surface area contributed by atoms with Gasteiger partial charge in [-0.25, -0.2) is 8.78 Å². The molecule has 0 radical (unpaired) electrons. The van der Waals surface area contributed by atoms with Crippen LogP contribution in [0, 0.1) is 18.3 Å². The van der Waals surface area contributed by atoms with Crippen LogP contribution >= 0.6 is 0 Å². The Balaban J connectivity index is 3.30. The first kappa shape index (κ1) is 8.60. The maximum absolute atomic E-state index is 12.2. The molecule has 1 rings (SSSR count). The molecule has 0 amide bonds. The number of nitrogens with zero attached hydrogens (tertiary/aromatic N) is 2. The molecule has 1 aromatic rings. The van der Waals surface area contributed by atoms with Crippen molar-refractivity contribution in [1.29, 1.82) is 5.26 Å². The zero-order valence-corrected chi connectivity index (χ0v) is 6.38. The van der Waals surface area contributed by atoms with Crippen LogP contribution in [0.5, 0.6) is 0 Å². The SMILES string of the molecule is Cc1ccnc(C(F)F)c1C#N. The molecular weight excluding hydrogens is 162 g/mol. The maximum Gasteiger partial charge on any atom is 0.281 e. The average Bonchev–Trinajstić information content (AvgIpc) is 2.03. The Labute approximate surface area is 68.5 Å². The first-order valence-electron chi connectivity index (χ1n) is 3.30. The van der Waals surface area contributed by atoms with Gasteiger partial charge in [-0.05, 0) is 18.6 Å². The lowest BCUT2D eigenvalue weighted by molar-refractivity contribution is 0.145. The average molecular weight is 168 g/mol. The van der Waals surface area contributed by atoms with Crippen LogP contribution in [0.4, 0.5) is 8.78 Å². The highest BCUT2D eigenvalue weighted by molar-refractivity contribution is 5.40. The van der Waals surface area contributed by atoms with E-state index in [4.69, 9.17) is 5.26 Å². The van der Waals surface area contributed by atoms with Gasteiger partial charge in [-0.1, -0.05) is 0 Å². The highest BCUT2D eigenvalue weighted by atomic mass is 19.3. The van der Waals surface area contributed by atoms with E-state index in [-0.39, 0.29) is 5.56 Å². The Morgan fingerprint density at radius 2 is 2.25 bits per heavy atom. The fourth-order valence-corrected chi connectivity index (χ4v) is 0.890. The van der Waals surface area contributed by atoms with Crippen molar-refractivity contribution in [2.45, 2.75) is 13.3 Å². The molecule has 1 heterocycles. The summed E-state index contributed by atoms with van der Waals surface area (Å²) in [7, 11) is 0. The number of hydrogen-bond acceptors (Lipinski definition) is 2. The second-order valence-electron chi connectivity index (χ2n) is 2.30. The van der Waals surface area contributed by atoms with E-state index in [1.165, 1.54) is 12.3 Å². The molecule has 0 N–H and O–H groups in total. The van der Waals surface area contributed by atoms with Crippen LogP contribution in [-0.2, 0) is 0 Å². The highest BCUT2D eigenvalue weighted by Gasteiger charge is 2.15. The fourth-order valence-electron chi connectivity index (χ4n) is 0.890. The van der Waals surface area contributed by atoms with Gasteiger partial charge in [-0.3, -0.25) is 4.98 Å². The molecule has 0 aliphatic rings. The normalized spacial score (nSPS) is 9.92. The minimum absolute atomic E-state index is 0.0208. The molecule has 0 unspecified atom stereocenters. The van der Waals surface area contributed by atoms with Crippen molar-refractivity contribution < 1.29 is 8.78 Å². The van der Waals surface area contributed by atoms with Crippen LogP contribution in [-0.4, -0.2) is 4.98 Å². The third-order valence-corrected chi connectivity index (χ3v) is 1.51. The number of nitriles is 1. The Hall–Kier alpha value is -1.50. The molecule has 0 atom stereocenters. The molecule has 2 nitrogen and oxygen atoms in total. The van der Waals surface area contributed by atoms with Crippen molar-refractivity contribution in [3.05, 3.63) is 29.1 Å². The van der Waals surface area contributed by atoms with Gasteiger partial charge in [0.05, 0.1) is 5.56 Å². The molecule has 0 fully saturated rings. The second kappa shape index (κ2) is 3.26. The number of aromatic nitrogens is 1. The zero-order valence-electron chi connectivity index (χ0n) is 6.38. The van der Waals surface area contributed by atoms with Gasteiger partial charge >= 0.3 is 0 Å². The zero-order chi connectivity index (χ0) is 9.14. The summed E-state index contributed by atoms with van der Waals surface area (Å²) in [5, 5.41) is 8.52. The van der Waals surface area contributed by atoms with Crippen molar-refractivity contribution in [1.82, 2.24) is 4.98 Å². The summed E-state index contributed by atoms with van der Waals surface area (Å²) in [5.41, 5.74) is 0.0767. The van der Waals surface area contributed by atoms with E-state index in [9.17, 15) is 8.78 Å². The highest BCUT2D eigenvalue weighted by Crippen LogP contribution is 2.21. The van der Waals surface area contributed by atoms with Gasteiger partial charge in [0.2, 0.25) is 0 Å². The summed E-state index contributed by atoms with van der Waals surface area (Å²) in [6, 6.07) is 3.23. The number of aryl methyl sites for hydroxylation is 1. The van der Waals surface area contributed by atoms with E-state index in [0.29, 0.717) is 5.56 Å². The van der Waals surface area contributed by atoms with Gasteiger partial charge in [0.1, 0.15) is 11.8 Å². The molecule has 12 heavy (non-hydrogen) atoms. The standard InChI is InChI=1S/C8H6F2N2/c1-5-2-3-12-7(8(9)10)6(5)4-11/h2-3,8H,1H3. The number of pyridine rings is 1. The summed E-state index contributed by atoms with van der Waals surface area (Å²) in [6.07, 6.45) is -1.41. The molecule has 0 aliphatic carbocycles. The largest absolute Gasteiger partial charge is 0.281 e. The molecule has 0 spiro atoms. The van der Waals surface area contributed by atoms with E-state index >= 15 is 0 Å². The van der Waals surface area contributed by atoms with Gasteiger partial charge in [-0.15, -0.1) is 0 Å². The minimum atomic E-state index is -2.68. The number of rotatable bonds is 1. The molecule has 1 aromatic heterocycles. The Bertz CT molecular complexity index is 328. The summed E-state index contributed by atoms with van der Waals surface area (Å²) < 4.78 is 24.4. The van der Waals surface area contributed by atoms with Crippen molar-refractivity contribution >= 4 is 0 Å². The van der Waals surface area contributed by atoms with Crippen molar-refractivity contribution in [3.63, 3.8) is 0 Å². The lowest BCUT2D eigenvalue weighted by Crippen LogP contribution is -1.96. The van der Waals surface area contributed by atoms with Crippen LogP contribution in [0.2, 0.25) is 0 Å². The summed E-state index contributed by atoms with van der Waals surface area (Å²) in [4.78, 5) is 3.44. The predicted octanol–water partition coefficient (Wildman–Crippen LogP) is 2.20. The molecule has 0 bridgehead atoms. The third-order valence-electron chi connectivity index (χ3n) is 1.51. The van der Waals surface area contributed by atoms with Crippen LogP contribution < -0.4 is 0 Å². The summed E-state index contributed by atoms with van der Waals surface area (Å²) >= 11 is 0. The molecule has 0 saturated carbocycles. The quantitative estimate of drug-likeness (QED) is 0.644. The maximum atomic E-state index is 12.2. The smallest absolute Gasteiger partial charge is 0.254 e. The fraction of sp³-hybridized carbons (Fsp3) is 0.250. The van der Waals surface area contributed by atoms with Crippen LogP contribution in [0.25, 0.3) is 0 Å². The van der Waals surface area contributed by atoms with E-state index in [0.717, 1.165) is 0 Å². The Kier molecular flexibility index (Phi) is 2.34. The first-order chi connectivity index (χ1) is 5.66. The Morgan fingerprint density at radius 3 is 2.67 bits per heavy atom. The molecule has 0 aliphatic heterocycles. The lowest BCUT2D eigenvalue weighted by Gasteiger charge is -2.02. The van der Waals surface area contributed by atoms with Crippen LogP contribution in [0.1, 0.15) is 23.2 Å². The summed E-state index contributed by atoms with van der Waals surface area (Å²) in [5.74, 6) is 0. The van der Waals surface area contributed by atoms with E-state index in [1.807, 2.05) is 0 Å². The van der Waals surface area contributed by atoms with Gasteiger partial charge in [0.15, 0.2) is 0 Å².